The van der Waals surface area contributed by atoms with Gasteiger partial charge in [-0.25, -0.2) is 0 Å². The molecule has 1 aliphatic heterocycles. The Labute approximate surface area is 168 Å². The second-order valence-corrected chi connectivity index (χ2v) is 7.08. The first kappa shape index (κ1) is 18.2. The van der Waals surface area contributed by atoms with Gasteiger partial charge < -0.3 is 10.2 Å². The summed E-state index contributed by atoms with van der Waals surface area (Å²) in [6.07, 6.45) is 4.25. The van der Waals surface area contributed by atoms with Gasteiger partial charge in [-0.05, 0) is 60.0 Å². The molecule has 2 amide bonds. The molecule has 0 fully saturated rings. The van der Waals surface area contributed by atoms with Gasteiger partial charge in [0.15, 0.2) is 0 Å². The summed E-state index contributed by atoms with van der Waals surface area (Å²) in [6.45, 7) is 0.616. The summed E-state index contributed by atoms with van der Waals surface area (Å²) in [5.41, 5.74) is 4.12. The van der Waals surface area contributed by atoms with E-state index in [0.29, 0.717) is 17.1 Å². The van der Waals surface area contributed by atoms with Crippen LogP contribution in [-0.4, -0.2) is 23.3 Å². The summed E-state index contributed by atoms with van der Waals surface area (Å²) in [4.78, 5) is 30.8. The van der Waals surface area contributed by atoms with E-state index in [4.69, 9.17) is 11.6 Å². The number of pyridine rings is 1. The molecule has 0 saturated heterocycles. The maximum absolute atomic E-state index is 12.7. The summed E-state index contributed by atoms with van der Waals surface area (Å²) in [5.74, 6) is -0.157. The minimum atomic E-state index is -0.0939. The molecule has 0 aliphatic carbocycles. The monoisotopic (exact) mass is 391 g/mol. The molecular weight excluding hydrogens is 374 g/mol. The van der Waals surface area contributed by atoms with Gasteiger partial charge in [-0.1, -0.05) is 23.7 Å². The zero-order valence-electron chi connectivity index (χ0n) is 15.1. The highest BCUT2D eigenvalue weighted by Gasteiger charge is 2.26. The average Bonchev–Trinajstić information content (AvgIpc) is 3.13. The summed E-state index contributed by atoms with van der Waals surface area (Å²) in [5, 5.41) is 3.57. The number of hydrogen-bond acceptors (Lipinski definition) is 3. The smallest absolute Gasteiger partial charge is 0.259 e. The minimum Gasteiger partial charge on any atom is -0.326 e. The number of aromatic nitrogens is 1. The van der Waals surface area contributed by atoms with Crippen molar-refractivity contribution >= 4 is 34.8 Å². The normalized spacial score (nSPS) is 12.5. The van der Waals surface area contributed by atoms with Crippen LogP contribution in [0.25, 0.3) is 0 Å². The number of amides is 2. The van der Waals surface area contributed by atoms with Crippen molar-refractivity contribution in [3.05, 3.63) is 88.7 Å². The molecule has 2 aromatic carbocycles. The standard InChI is InChI=1S/C22H18ClN3O2/c23-18-5-3-15(4-6-18)12-21(27)25-19-7-8-20-16(13-19)9-11-26(20)22(28)17-2-1-10-24-14-17/h1-8,10,13-14H,9,11-12H2,(H,25,27). The van der Waals surface area contributed by atoms with Crippen molar-refractivity contribution in [1.82, 2.24) is 4.98 Å². The molecule has 1 aromatic heterocycles. The van der Waals surface area contributed by atoms with Crippen molar-refractivity contribution in [2.45, 2.75) is 12.8 Å². The molecule has 28 heavy (non-hydrogen) atoms. The lowest BCUT2D eigenvalue weighted by atomic mass is 10.1. The summed E-state index contributed by atoms with van der Waals surface area (Å²) in [7, 11) is 0. The van der Waals surface area contributed by atoms with Gasteiger partial charge in [0, 0.05) is 35.3 Å². The SMILES string of the molecule is O=C(Cc1ccc(Cl)cc1)Nc1ccc2c(c1)CCN2C(=O)c1cccnc1. The van der Waals surface area contributed by atoms with E-state index < -0.39 is 0 Å². The number of hydrogen-bond donors (Lipinski definition) is 1. The first-order chi connectivity index (χ1) is 13.6. The molecule has 0 unspecified atom stereocenters. The van der Waals surface area contributed by atoms with Crippen LogP contribution in [0.4, 0.5) is 11.4 Å². The van der Waals surface area contributed by atoms with Crippen LogP contribution in [0.5, 0.6) is 0 Å². The lowest BCUT2D eigenvalue weighted by molar-refractivity contribution is -0.115. The maximum Gasteiger partial charge on any atom is 0.259 e. The van der Waals surface area contributed by atoms with Crippen molar-refractivity contribution < 1.29 is 9.59 Å². The van der Waals surface area contributed by atoms with Gasteiger partial charge in [-0.15, -0.1) is 0 Å². The topological polar surface area (TPSA) is 62.3 Å². The summed E-state index contributed by atoms with van der Waals surface area (Å²) in [6, 6.07) is 16.4. The number of fused-ring (bicyclic) bond motifs is 1. The minimum absolute atomic E-state index is 0.0635. The average molecular weight is 392 g/mol. The van der Waals surface area contributed by atoms with Crippen molar-refractivity contribution in [2.24, 2.45) is 0 Å². The third kappa shape index (κ3) is 3.89. The molecule has 1 N–H and O–H groups in total. The molecule has 5 nitrogen and oxygen atoms in total. The van der Waals surface area contributed by atoms with E-state index >= 15 is 0 Å². The Hall–Kier alpha value is -3.18. The van der Waals surface area contributed by atoms with Crippen LogP contribution in [0.15, 0.2) is 67.0 Å². The van der Waals surface area contributed by atoms with Crippen LogP contribution < -0.4 is 10.2 Å². The zero-order chi connectivity index (χ0) is 19.5. The molecule has 0 spiro atoms. The Morgan fingerprint density at radius 2 is 1.93 bits per heavy atom. The molecule has 2 heterocycles. The van der Waals surface area contributed by atoms with Crippen LogP contribution in [0, 0.1) is 0 Å². The van der Waals surface area contributed by atoms with E-state index in [-0.39, 0.29) is 18.2 Å². The maximum atomic E-state index is 12.7. The van der Waals surface area contributed by atoms with Gasteiger partial charge in [0.05, 0.1) is 12.0 Å². The summed E-state index contributed by atoms with van der Waals surface area (Å²) >= 11 is 5.87. The second-order valence-electron chi connectivity index (χ2n) is 6.64. The fourth-order valence-corrected chi connectivity index (χ4v) is 3.45. The van der Waals surface area contributed by atoms with Gasteiger partial charge in [0.25, 0.3) is 5.91 Å². The van der Waals surface area contributed by atoms with Crippen molar-refractivity contribution in [3.8, 4) is 0 Å². The Morgan fingerprint density at radius 3 is 2.68 bits per heavy atom. The molecule has 1 aliphatic rings. The van der Waals surface area contributed by atoms with E-state index in [9.17, 15) is 9.59 Å². The van der Waals surface area contributed by atoms with E-state index in [1.54, 1.807) is 41.6 Å². The predicted octanol–water partition coefficient (Wildman–Crippen LogP) is 4.12. The molecule has 140 valence electrons. The Kier molecular flexibility index (Phi) is 5.08. The number of nitrogens with zero attached hydrogens (tertiary/aromatic N) is 2. The number of anilines is 2. The van der Waals surface area contributed by atoms with E-state index in [0.717, 1.165) is 28.9 Å². The fraction of sp³-hybridized carbons (Fsp3) is 0.136. The highest BCUT2D eigenvalue weighted by Crippen LogP contribution is 2.31. The Balaban J connectivity index is 1.45. The number of halogens is 1. The van der Waals surface area contributed by atoms with Gasteiger partial charge >= 0.3 is 0 Å². The highest BCUT2D eigenvalue weighted by molar-refractivity contribution is 6.30. The summed E-state index contributed by atoms with van der Waals surface area (Å²) < 4.78 is 0. The van der Waals surface area contributed by atoms with E-state index in [1.165, 1.54) is 0 Å². The first-order valence-electron chi connectivity index (χ1n) is 8.99. The van der Waals surface area contributed by atoms with Crippen molar-refractivity contribution in [2.75, 3.05) is 16.8 Å². The molecule has 0 saturated carbocycles. The third-order valence-electron chi connectivity index (χ3n) is 4.69. The molecule has 4 rings (SSSR count). The van der Waals surface area contributed by atoms with E-state index in [1.807, 2.05) is 30.3 Å². The first-order valence-corrected chi connectivity index (χ1v) is 9.37. The molecular formula is C22H18ClN3O2. The fourth-order valence-electron chi connectivity index (χ4n) is 3.33. The number of benzene rings is 2. The van der Waals surface area contributed by atoms with Gasteiger partial charge in [0.2, 0.25) is 5.91 Å². The molecule has 0 bridgehead atoms. The largest absolute Gasteiger partial charge is 0.326 e. The third-order valence-corrected chi connectivity index (χ3v) is 4.94. The van der Waals surface area contributed by atoms with Crippen molar-refractivity contribution in [3.63, 3.8) is 0 Å². The molecule has 3 aromatic rings. The number of nitrogens with one attached hydrogen (secondary N) is 1. The molecule has 6 heteroatoms. The second kappa shape index (κ2) is 7.82. The Bertz CT molecular complexity index is 1020. The van der Waals surface area contributed by atoms with Crippen LogP contribution in [0.1, 0.15) is 21.5 Å². The molecule has 0 atom stereocenters. The lowest BCUT2D eigenvalue weighted by Crippen LogP contribution is -2.28. The van der Waals surface area contributed by atoms with Gasteiger partial charge in [-0.3, -0.25) is 14.6 Å². The van der Waals surface area contributed by atoms with E-state index in [2.05, 4.69) is 10.3 Å². The zero-order valence-corrected chi connectivity index (χ0v) is 15.8. The van der Waals surface area contributed by atoms with Crippen LogP contribution >= 0.6 is 11.6 Å². The van der Waals surface area contributed by atoms with Gasteiger partial charge in [-0.2, -0.15) is 0 Å². The van der Waals surface area contributed by atoms with Crippen LogP contribution in [0.2, 0.25) is 5.02 Å². The molecule has 0 radical (unpaired) electrons. The predicted molar refractivity (Wildman–Crippen MR) is 110 cm³/mol. The highest BCUT2D eigenvalue weighted by atomic mass is 35.5. The van der Waals surface area contributed by atoms with Gasteiger partial charge in [0.1, 0.15) is 0 Å². The van der Waals surface area contributed by atoms with Crippen LogP contribution in [-0.2, 0) is 17.6 Å². The number of carbonyl (C=O) groups is 2. The number of carbonyl (C=O) groups excluding carboxylic acids is 2. The van der Waals surface area contributed by atoms with Crippen molar-refractivity contribution in [1.29, 1.82) is 0 Å². The number of rotatable bonds is 4. The quantitative estimate of drug-likeness (QED) is 0.727. The lowest BCUT2D eigenvalue weighted by Gasteiger charge is -2.17. The van der Waals surface area contributed by atoms with Crippen LogP contribution in [0.3, 0.4) is 0 Å². The Morgan fingerprint density at radius 1 is 1.11 bits per heavy atom.